The fourth-order valence-electron chi connectivity index (χ4n) is 5.98. The topological polar surface area (TPSA) is 26.3 Å². The van der Waals surface area contributed by atoms with Crippen LogP contribution in [0.1, 0.15) is 73.1 Å². The van der Waals surface area contributed by atoms with Crippen LogP contribution in [0.4, 0.5) is 0 Å². The Labute approximate surface area is 153 Å². The van der Waals surface area contributed by atoms with Crippen molar-refractivity contribution in [2.45, 2.75) is 79.2 Å². The fraction of sp³-hybridized carbons (Fsp3) is 0.696. The minimum atomic E-state index is 0.0274. The van der Waals surface area contributed by atoms with Gasteiger partial charge in [0.2, 0.25) is 0 Å². The maximum atomic E-state index is 13.6. The molecule has 0 amide bonds. The smallest absolute Gasteiger partial charge is 0.185 e. The number of carbonyl (C=O) groups is 1. The summed E-state index contributed by atoms with van der Waals surface area (Å²) < 4.78 is 5.54. The van der Waals surface area contributed by atoms with Crippen molar-refractivity contribution in [3.05, 3.63) is 34.4 Å². The number of hydrogen-bond acceptors (Lipinski definition) is 2. The lowest BCUT2D eigenvalue weighted by Crippen LogP contribution is -2.47. The third kappa shape index (κ3) is 3.18. The Balaban J connectivity index is 2.00. The summed E-state index contributed by atoms with van der Waals surface area (Å²) in [5.41, 5.74) is 4.88. The molecular formula is C23H34O2. The van der Waals surface area contributed by atoms with Crippen molar-refractivity contribution in [2.24, 2.45) is 16.7 Å². The van der Waals surface area contributed by atoms with Gasteiger partial charge in [-0.25, -0.2) is 0 Å². The SMILES string of the molecule is COC1C=C(C)C=C(C(=O)C2=C(C)CCC3C(C)(C)CCCC23C)C1. The van der Waals surface area contributed by atoms with E-state index in [2.05, 4.69) is 46.8 Å². The summed E-state index contributed by atoms with van der Waals surface area (Å²) in [7, 11) is 1.73. The molecule has 3 aliphatic carbocycles. The highest BCUT2D eigenvalue weighted by molar-refractivity contribution is 6.10. The van der Waals surface area contributed by atoms with Gasteiger partial charge in [-0.1, -0.05) is 50.5 Å². The van der Waals surface area contributed by atoms with E-state index in [1.807, 2.05) is 0 Å². The summed E-state index contributed by atoms with van der Waals surface area (Å²) in [4.78, 5) is 13.6. The standard InChI is InChI=1S/C23H34O2/c1-15-12-17(14-18(13-15)25-6)21(24)20-16(2)8-9-19-22(3,4)10-7-11-23(19,20)5/h12-13,18-19H,7-11,14H2,1-6H3. The summed E-state index contributed by atoms with van der Waals surface area (Å²) in [6.45, 7) is 11.4. The van der Waals surface area contributed by atoms with E-state index in [-0.39, 0.29) is 17.3 Å². The van der Waals surface area contributed by atoms with Crippen LogP contribution in [0.5, 0.6) is 0 Å². The van der Waals surface area contributed by atoms with E-state index in [4.69, 9.17) is 4.74 Å². The molecule has 3 rings (SSSR count). The van der Waals surface area contributed by atoms with Crippen molar-refractivity contribution in [1.29, 1.82) is 0 Å². The van der Waals surface area contributed by atoms with Gasteiger partial charge in [0.1, 0.15) is 0 Å². The number of ether oxygens (including phenoxy) is 1. The molecule has 3 atom stereocenters. The van der Waals surface area contributed by atoms with Crippen molar-refractivity contribution in [3.8, 4) is 0 Å². The van der Waals surface area contributed by atoms with Gasteiger partial charge in [0.25, 0.3) is 0 Å². The zero-order chi connectivity index (χ0) is 18.4. The van der Waals surface area contributed by atoms with Gasteiger partial charge in [-0.15, -0.1) is 0 Å². The van der Waals surface area contributed by atoms with Crippen LogP contribution in [0.3, 0.4) is 0 Å². The van der Waals surface area contributed by atoms with Crippen LogP contribution in [-0.4, -0.2) is 19.0 Å². The lowest BCUT2D eigenvalue weighted by molar-refractivity contribution is -0.115. The molecule has 0 aromatic rings. The summed E-state index contributed by atoms with van der Waals surface area (Å²) >= 11 is 0. The lowest BCUT2D eigenvalue weighted by Gasteiger charge is -2.54. The molecule has 2 heteroatoms. The third-order valence-electron chi connectivity index (χ3n) is 7.13. The Kier molecular flexibility index (Phi) is 4.87. The molecule has 0 aromatic carbocycles. The number of Topliss-reactive ketones (excluding diaryl/α,β-unsaturated/α-hetero) is 1. The quantitative estimate of drug-likeness (QED) is 0.649. The van der Waals surface area contributed by atoms with Crippen molar-refractivity contribution < 1.29 is 9.53 Å². The monoisotopic (exact) mass is 342 g/mol. The first kappa shape index (κ1) is 18.6. The van der Waals surface area contributed by atoms with Crippen LogP contribution in [0, 0.1) is 16.7 Å². The highest BCUT2D eigenvalue weighted by atomic mass is 16.5. The minimum Gasteiger partial charge on any atom is -0.377 e. The molecule has 0 aliphatic heterocycles. The van der Waals surface area contributed by atoms with Gasteiger partial charge in [-0.3, -0.25) is 4.79 Å². The minimum absolute atomic E-state index is 0.0274. The molecule has 1 saturated carbocycles. The van der Waals surface area contributed by atoms with Crippen molar-refractivity contribution >= 4 is 5.78 Å². The van der Waals surface area contributed by atoms with Crippen LogP contribution in [0.15, 0.2) is 34.4 Å². The molecular weight excluding hydrogens is 308 g/mol. The summed E-state index contributed by atoms with van der Waals surface area (Å²) in [6, 6.07) is 0. The van der Waals surface area contributed by atoms with Crippen LogP contribution >= 0.6 is 0 Å². The Morgan fingerprint density at radius 2 is 1.92 bits per heavy atom. The predicted molar refractivity (Wildman–Crippen MR) is 103 cm³/mol. The Hall–Kier alpha value is -1.15. The van der Waals surface area contributed by atoms with Gasteiger partial charge in [0, 0.05) is 24.7 Å². The normalized spacial score (nSPS) is 35.0. The molecule has 0 saturated heterocycles. The number of hydrogen-bond donors (Lipinski definition) is 0. The average molecular weight is 343 g/mol. The fourth-order valence-corrected chi connectivity index (χ4v) is 5.98. The molecule has 3 unspecified atom stereocenters. The molecule has 0 heterocycles. The molecule has 3 aliphatic rings. The van der Waals surface area contributed by atoms with Crippen molar-refractivity contribution in [3.63, 3.8) is 0 Å². The van der Waals surface area contributed by atoms with E-state index in [1.54, 1.807) is 7.11 Å². The van der Waals surface area contributed by atoms with Crippen LogP contribution in [-0.2, 0) is 9.53 Å². The number of allylic oxidation sites excluding steroid dienone is 4. The number of fused-ring (bicyclic) bond motifs is 1. The third-order valence-corrected chi connectivity index (χ3v) is 7.13. The van der Waals surface area contributed by atoms with E-state index in [1.165, 1.54) is 24.8 Å². The summed E-state index contributed by atoms with van der Waals surface area (Å²) in [6.07, 6.45) is 10.9. The lowest BCUT2D eigenvalue weighted by atomic mass is 9.49. The summed E-state index contributed by atoms with van der Waals surface area (Å²) in [5.74, 6) is 0.896. The van der Waals surface area contributed by atoms with E-state index >= 15 is 0 Å². The van der Waals surface area contributed by atoms with Gasteiger partial charge in [0.05, 0.1) is 6.10 Å². The zero-order valence-electron chi connectivity index (χ0n) is 16.9. The van der Waals surface area contributed by atoms with Crippen LogP contribution < -0.4 is 0 Å². The van der Waals surface area contributed by atoms with E-state index < -0.39 is 0 Å². The largest absolute Gasteiger partial charge is 0.377 e. The highest BCUT2D eigenvalue weighted by Gasteiger charge is 2.52. The Morgan fingerprint density at radius 1 is 1.20 bits per heavy atom. The van der Waals surface area contributed by atoms with Crippen molar-refractivity contribution in [1.82, 2.24) is 0 Å². The molecule has 0 aromatic heterocycles. The molecule has 0 bridgehead atoms. The van der Waals surface area contributed by atoms with Gasteiger partial charge < -0.3 is 4.74 Å². The van der Waals surface area contributed by atoms with E-state index in [9.17, 15) is 4.79 Å². The first-order chi connectivity index (χ1) is 11.7. The first-order valence-corrected chi connectivity index (χ1v) is 9.86. The highest BCUT2D eigenvalue weighted by Crippen LogP contribution is 2.60. The van der Waals surface area contributed by atoms with Crippen LogP contribution in [0.2, 0.25) is 0 Å². The van der Waals surface area contributed by atoms with Crippen molar-refractivity contribution in [2.75, 3.05) is 7.11 Å². The van der Waals surface area contributed by atoms with Gasteiger partial charge in [-0.2, -0.15) is 0 Å². The predicted octanol–water partition coefficient (Wildman–Crippen LogP) is 5.79. The molecule has 138 valence electrons. The number of carbonyl (C=O) groups excluding carboxylic acids is 1. The van der Waals surface area contributed by atoms with E-state index in [0.717, 1.165) is 29.6 Å². The maximum absolute atomic E-state index is 13.6. The molecule has 2 nitrogen and oxygen atoms in total. The molecule has 25 heavy (non-hydrogen) atoms. The Morgan fingerprint density at radius 3 is 2.60 bits per heavy atom. The second-order valence-electron chi connectivity index (χ2n) is 9.39. The second kappa shape index (κ2) is 6.54. The second-order valence-corrected chi connectivity index (χ2v) is 9.39. The number of methoxy groups -OCH3 is 1. The first-order valence-electron chi connectivity index (χ1n) is 9.86. The number of ketones is 1. The number of rotatable bonds is 3. The zero-order valence-corrected chi connectivity index (χ0v) is 16.9. The molecule has 0 spiro atoms. The maximum Gasteiger partial charge on any atom is 0.185 e. The van der Waals surface area contributed by atoms with Gasteiger partial charge in [-0.05, 0) is 56.3 Å². The van der Waals surface area contributed by atoms with Gasteiger partial charge in [0.15, 0.2) is 5.78 Å². The van der Waals surface area contributed by atoms with Gasteiger partial charge >= 0.3 is 0 Å². The Bertz CT molecular complexity index is 662. The molecule has 1 fully saturated rings. The summed E-state index contributed by atoms with van der Waals surface area (Å²) in [5, 5.41) is 0. The van der Waals surface area contributed by atoms with Crippen LogP contribution in [0.25, 0.3) is 0 Å². The molecule has 0 radical (unpaired) electrons. The average Bonchev–Trinajstić information content (AvgIpc) is 2.52. The van der Waals surface area contributed by atoms with E-state index in [0.29, 0.717) is 17.8 Å². The molecule has 0 N–H and O–H groups in total.